The molecule has 12 nitrogen and oxygen atoms in total. The first-order valence-corrected chi connectivity index (χ1v) is 17.8. The van der Waals surface area contributed by atoms with Crippen molar-refractivity contribution in [3.05, 3.63) is 65.0 Å². The average molecular weight is 712 g/mol. The summed E-state index contributed by atoms with van der Waals surface area (Å²) in [5.74, 6) is -0.811. The standard InChI is InChI=1S/C38H54FN5O7/c1-25-19-42(30(20-41-14-15-50-23-26(41)2)21-43(25)36(48)51-37(3,4)5)22-33(45)44-24-38(6,35(47)40-18-34(46)49-7)31-13-10-28(17-32(31)44)16-27-8-11-29(39)12-9-27/h8-13,17,25-26,30,34,46H,14-16,18-24H2,1-7H3,(H,40,47)/t25-,26-,30+,34?,38-/m1/s1. The monoisotopic (exact) mass is 711 g/mol. The maximum atomic E-state index is 14.5. The quantitative estimate of drug-likeness (QED) is 0.358. The number of morpholine rings is 1. The van der Waals surface area contributed by atoms with Crippen LogP contribution < -0.4 is 10.2 Å². The van der Waals surface area contributed by atoms with Crippen molar-refractivity contribution >= 4 is 23.6 Å². The van der Waals surface area contributed by atoms with Crippen LogP contribution in [-0.4, -0.2) is 134 Å². The highest BCUT2D eigenvalue weighted by atomic mass is 19.1. The van der Waals surface area contributed by atoms with Gasteiger partial charge in [-0.1, -0.05) is 24.3 Å². The summed E-state index contributed by atoms with van der Waals surface area (Å²) in [6.07, 6.45) is -1.02. The third kappa shape index (κ3) is 9.25. The largest absolute Gasteiger partial charge is 0.444 e. The minimum atomic E-state index is -1.17. The first-order chi connectivity index (χ1) is 24.1. The zero-order valence-corrected chi connectivity index (χ0v) is 31.0. The van der Waals surface area contributed by atoms with Crippen LogP contribution in [0.5, 0.6) is 0 Å². The Balaban J connectivity index is 1.42. The van der Waals surface area contributed by atoms with Gasteiger partial charge in [0.05, 0.1) is 31.7 Å². The predicted octanol–water partition coefficient (Wildman–Crippen LogP) is 3.13. The lowest BCUT2D eigenvalue weighted by Gasteiger charge is -2.47. The van der Waals surface area contributed by atoms with E-state index in [1.165, 1.54) is 19.2 Å². The van der Waals surface area contributed by atoms with Crippen molar-refractivity contribution in [1.29, 1.82) is 0 Å². The van der Waals surface area contributed by atoms with E-state index in [2.05, 4.69) is 22.0 Å². The molecule has 2 saturated heterocycles. The van der Waals surface area contributed by atoms with Crippen molar-refractivity contribution in [3.8, 4) is 0 Å². The molecular formula is C38H54FN5O7. The van der Waals surface area contributed by atoms with E-state index in [9.17, 15) is 23.9 Å². The summed E-state index contributed by atoms with van der Waals surface area (Å²) in [6, 6.07) is 11.9. The van der Waals surface area contributed by atoms with Gasteiger partial charge in [-0.2, -0.15) is 0 Å². The minimum absolute atomic E-state index is 0.0810. The van der Waals surface area contributed by atoms with Gasteiger partial charge < -0.3 is 34.4 Å². The van der Waals surface area contributed by atoms with Crippen molar-refractivity contribution in [2.24, 2.45) is 0 Å². The van der Waals surface area contributed by atoms with E-state index >= 15 is 0 Å². The van der Waals surface area contributed by atoms with E-state index in [0.717, 1.165) is 17.7 Å². The van der Waals surface area contributed by atoms with Crippen LogP contribution in [0.3, 0.4) is 0 Å². The van der Waals surface area contributed by atoms with Crippen molar-refractivity contribution in [1.82, 2.24) is 20.0 Å². The number of nitrogens with one attached hydrogen (secondary N) is 1. The Morgan fingerprint density at radius 3 is 2.43 bits per heavy atom. The van der Waals surface area contributed by atoms with E-state index in [0.29, 0.717) is 50.5 Å². The van der Waals surface area contributed by atoms with Gasteiger partial charge in [0.1, 0.15) is 11.4 Å². The van der Waals surface area contributed by atoms with E-state index in [-0.39, 0.29) is 61.5 Å². The number of halogens is 1. The second kappa shape index (κ2) is 16.0. The summed E-state index contributed by atoms with van der Waals surface area (Å²) < 4.78 is 30.0. The second-order valence-electron chi connectivity index (χ2n) is 15.4. The fraction of sp³-hybridized carbons (Fsp3) is 0.605. The molecule has 3 amide bonds. The molecule has 3 aliphatic heterocycles. The zero-order chi connectivity index (χ0) is 37.1. The number of rotatable bonds is 10. The molecule has 13 heteroatoms. The highest BCUT2D eigenvalue weighted by Gasteiger charge is 2.48. The number of aliphatic hydroxyl groups is 1. The lowest BCUT2D eigenvalue weighted by Crippen LogP contribution is -2.64. The fourth-order valence-corrected chi connectivity index (χ4v) is 7.19. The maximum Gasteiger partial charge on any atom is 0.410 e. The number of benzene rings is 2. The van der Waals surface area contributed by atoms with Crippen LogP contribution in [0.1, 0.15) is 58.2 Å². The Morgan fingerprint density at radius 2 is 1.76 bits per heavy atom. The number of hydrogen-bond acceptors (Lipinski definition) is 9. The SMILES string of the molecule is COC(O)CNC(=O)[C@]1(C)CN(C(=O)CN2C[C@@H](C)N(C(=O)OC(C)(C)C)C[C@@H]2CN2CCOC[C@H]2C)c2cc(Cc3ccc(F)cc3)ccc21. The summed E-state index contributed by atoms with van der Waals surface area (Å²) in [7, 11) is 1.35. The molecule has 5 atom stereocenters. The van der Waals surface area contributed by atoms with Crippen molar-refractivity contribution in [2.75, 3.05) is 71.0 Å². The van der Waals surface area contributed by atoms with Gasteiger partial charge in [0.25, 0.3) is 0 Å². The summed E-state index contributed by atoms with van der Waals surface area (Å²) in [5.41, 5.74) is 1.43. The third-order valence-corrected chi connectivity index (χ3v) is 10.1. The highest BCUT2D eigenvalue weighted by Crippen LogP contribution is 2.42. The molecule has 51 heavy (non-hydrogen) atoms. The predicted molar refractivity (Wildman–Crippen MR) is 191 cm³/mol. The lowest BCUT2D eigenvalue weighted by atomic mass is 9.83. The lowest BCUT2D eigenvalue weighted by molar-refractivity contribution is -0.129. The van der Waals surface area contributed by atoms with E-state index in [1.807, 2.05) is 45.9 Å². The number of aliphatic hydroxyl groups excluding tert-OH is 1. The van der Waals surface area contributed by atoms with Gasteiger partial charge in [-0.05, 0) is 82.9 Å². The van der Waals surface area contributed by atoms with Crippen molar-refractivity contribution in [3.63, 3.8) is 0 Å². The van der Waals surface area contributed by atoms with Gasteiger partial charge >= 0.3 is 6.09 Å². The number of piperazine rings is 1. The molecule has 2 aromatic rings. The van der Waals surface area contributed by atoms with E-state index in [1.54, 1.807) is 28.9 Å². The Bertz CT molecular complexity index is 1550. The normalized spacial score (nSPS) is 25.0. The number of carbonyl (C=O) groups is 3. The smallest absolute Gasteiger partial charge is 0.410 e. The molecule has 2 fully saturated rings. The van der Waals surface area contributed by atoms with Gasteiger partial charge in [0.15, 0.2) is 6.29 Å². The number of ether oxygens (including phenoxy) is 3. The van der Waals surface area contributed by atoms with Gasteiger partial charge in [0.2, 0.25) is 11.8 Å². The fourth-order valence-electron chi connectivity index (χ4n) is 7.19. The second-order valence-corrected chi connectivity index (χ2v) is 15.4. The Labute approximate surface area is 300 Å². The molecule has 0 aromatic heterocycles. The molecular weight excluding hydrogens is 657 g/mol. The molecule has 0 bridgehead atoms. The maximum absolute atomic E-state index is 14.5. The summed E-state index contributed by atoms with van der Waals surface area (Å²) >= 11 is 0. The minimum Gasteiger partial charge on any atom is -0.444 e. The molecule has 0 spiro atoms. The number of nitrogens with zero attached hydrogens (tertiary/aromatic N) is 4. The van der Waals surface area contributed by atoms with Crippen LogP contribution in [0.2, 0.25) is 0 Å². The molecule has 3 aliphatic rings. The molecule has 2 N–H and O–H groups in total. The van der Waals surface area contributed by atoms with Crippen LogP contribution in [0, 0.1) is 5.82 Å². The van der Waals surface area contributed by atoms with Crippen molar-refractivity contribution < 1.29 is 38.1 Å². The van der Waals surface area contributed by atoms with Crippen molar-refractivity contribution in [2.45, 2.75) is 83.4 Å². The highest BCUT2D eigenvalue weighted by molar-refractivity contribution is 6.03. The van der Waals surface area contributed by atoms with Crippen LogP contribution in [0.25, 0.3) is 0 Å². The number of anilines is 1. The molecule has 1 unspecified atom stereocenters. The molecule has 2 aromatic carbocycles. The molecule has 0 aliphatic carbocycles. The molecule has 280 valence electrons. The summed E-state index contributed by atoms with van der Waals surface area (Å²) in [6.45, 7) is 15.0. The van der Waals surface area contributed by atoms with Gasteiger partial charge in [-0.25, -0.2) is 9.18 Å². The number of carbonyl (C=O) groups excluding carboxylic acids is 3. The Kier molecular flexibility index (Phi) is 12.1. The average Bonchev–Trinajstić information content (AvgIpc) is 3.38. The molecule has 0 radical (unpaired) electrons. The molecule has 3 heterocycles. The molecule has 0 saturated carbocycles. The number of amides is 3. The van der Waals surface area contributed by atoms with E-state index in [4.69, 9.17) is 14.2 Å². The van der Waals surface area contributed by atoms with Crippen LogP contribution in [-0.2, 0) is 35.6 Å². The van der Waals surface area contributed by atoms with Crippen LogP contribution in [0.4, 0.5) is 14.9 Å². The Morgan fingerprint density at radius 1 is 1.06 bits per heavy atom. The van der Waals surface area contributed by atoms with Gasteiger partial charge in [-0.3, -0.25) is 19.4 Å². The first kappa shape index (κ1) is 38.6. The van der Waals surface area contributed by atoms with Gasteiger partial charge in [-0.15, -0.1) is 0 Å². The number of fused-ring (bicyclic) bond motifs is 1. The number of hydrogen-bond donors (Lipinski definition) is 2. The zero-order valence-electron chi connectivity index (χ0n) is 31.0. The topological polar surface area (TPSA) is 124 Å². The van der Waals surface area contributed by atoms with Crippen LogP contribution in [0.15, 0.2) is 42.5 Å². The Hall–Kier alpha value is -3.62. The third-order valence-electron chi connectivity index (χ3n) is 10.1. The van der Waals surface area contributed by atoms with Crippen LogP contribution >= 0.6 is 0 Å². The number of methoxy groups -OCH3 is 1. The summed E-state index contributed by atoms with van der Waals surface area (Å²) in [5, 5.41) is 12.7. The van der Waals surface area contributed by atoms with E-state index < -0.39 is 17.3 Å². The van der Waals surface area contributed by atoms with Gasteiger partial charge in [0, 0.05) is 63.6 Å². The molecule has 5 rings (SSSR count). The first-order valence-electron chi connectivity index (χ1n) is 17.8. The summed E-state index contributed by atoms with van der Waals surface area (Å²) in [4.78, 5) is 49.6.